The predicted molar refractivity (Wildman–Crippen MR) is 122 cm³/mol. The Kier molecular flexibility index (Phi) is 7.63. The number of hydrogen-bond acceptors (Lipinski definition) is 5. The third kappa shape index (κ3) is 5.94. The van der Waals surface area contributed by atoms with E-state index in [1.54, 1.807) is 54.6 Å². The number of amides is 1. The number of anilines is 1. The summed E-state index contributed by atoms with van der Waals surface area (Å²) in [7, 11) is -2.66. The zero-order chi connectivity index (χ0) is 23.1. The molecule has 32 heavy (non-hydrogen) atoms. The average molecular weight is 473 g/mol. The van der Waals surface area contributed by atoms with Crippen LogP contribution in [0.15, 0.2) is 83.8 Å². The number of hydrogen-bond donors (Lipinski definition) is 1. The number of halogens is 1. The minimum absolute atomic E-state index is 0.0108. The van der Waals surface area contributed by atoms with Gasteiger partial charge in [-0.15, -0.1) is 0 Å². The molecule has 0 bridgehead atoms. The lowest BCUT2D eigenvalue weighted by Crippen LogP contribution is -2.37. The van der Waals surface area contributed by atoms with Gasteiger partial charge in [-0.3, -0.25) is 4.79 Å². The maximum atomic E-state index is 13.2. The van der Waals surface area contributed by atoms with Crippen molar-refractivity contribution < 1.29 is 22.7 Å². The quantitative estimate of drug-likeness (QED) is 0.501. The maximum absolute atomic E-state index is 13.2. The van der Waals surface area contributed by atoms with Gasteiger partial charge in [0.1, 0.15) is 0 Å². The molecule has 1 amide bonds. The average Bonchev–Trinajstić information content (AvgIpc) is 2.80. The van der Waals surface area contributed by atoms with E-state index < -0.39 is 28.4 Å². The molecule has 0 unspecified atom stereocenters. The Labute approximate surface area is 191 Å². The third-order valence-electron chi connectivity index (χ3n) is 4.56. The number of nitrogens with one attached hydrogen (secondary N) is 1. The van der Waals surface area contributed by atoms with Gasteiger partial charge < -0.3 is 10.1 Å². The van der Waals surface area contributed by atoms with Gasteiger partial charge in [0, 0.05) is 17.3 Å². The Balaban J connectivity index is 1.80. The molecular weight excluding hydrogens is 452 g/mol. The zero-order valence-corrected chi connectivity index (χ0v) is 18.8. The van der Waals surface area contributed by atoms with Crippen molar-refractivity contribution in [2.45, 2.75) is 11.4 Å². The van der Waals surface area contributed by atoms with E-state index in [-0.39, 0.29) is 11.4 Å². The van der Waals surface area contributed by atoms with E-state index >= 15 is 0 Å². The van der Waals surface area contributed by atoms with Gasteiger partial charge in [0.25, 0.3) is 0 Å². The topological polar surface area (TPSA) is 92.8 Å². The monoisotopic (exact) mass is 472 g/mol. The molecule has 0 aliphatic carbocycles. The highest BCUT2D eigenvalue weighted by molar-refractivity contribution is 7.89. The van der Waals surface area contributed by atoms with E-state index in [9.17, 15) is 18.0 Å². The summed E-state index contributed by atoms with van der Waals surface area (Å²) in [6, 6.07) is 20.7. The minimum Gasteiger partial charge on any atom is -0.465 e. The molecule has 3 aromatic rings. The Hall–Kier alpha value is -3.20. The van der Waals surface area contributed by atoms with Crippen LogP contribution in [0.25, 0.3) is 0 Å². The molecule has 0 aliphatic rings. The first-order chi connectivity index (χ1) is 15.3. The van der Waals surface area contributed by atoms with Crippen molar-refractivity contribution in [3.63, 3.8) is 0 Å². The van der Waals surface area contributed by atoms with Crippen LogP contribution < -0.4 is 5.32 Å². The summed E-state index contributed by atoms with van der Waals surface area (Å²) >= 11 is 5.92. The van der Waals surface area contributed by atoms with Gasteiger partial charge in [0.2, 0.25) is 15.9 Å². The molecule has 0 atom stereocenters. The molecule has 0 heterocycles. The number of carbonyl (C=O) groups is 2. The molecule has 0 aliphatic heterocycles. The summed E-state index contributed by atoms with van der Waals surface area (Å²) in [5, 5.41) is 3.18. The third-order valence-corrected chi connectivity index (χ3v) is 6.62. The maximum Gasteiger partial charge on any atom is 0.337 e. The van der Waals surface area contributed by atoms with Crippen LogP contribution in [0.1, 0.15) is 15.9 Å². The Morgan fingerprint density at radius 1 is 0.938 bits per heavy atom. The molecule has 0 spiro atoms. The van der Waals surface area contributed by atoms with Crippen LogP contribution >= 0.6 is 11.6 Å². The highest BCUT2D eigenvalue weighted by atomic mass is 35.5. The highest BCUT2D eigenvalue weighted by Crippen LogP contribution is 2.20. The number of benzene rings is 3. The lowest BCUT2D eigenvalue weighted by molar-refractivity contribution is -0.116. The Bertz CT molecular complexity index is 1180. The van der Waals surface area contributed by atoms with Gasteiger partial charge >= 0.3 is 5.97 Å². The molecule has 1 N–H and O–H groups in total. The summed E-state index contributed by atoms with van der Waals surface area (Å²) in [5.41, 5.74) is 1.44. The second-order valence-electron chi connectivity index (χ2n) is 6.83. The van der Waals surface area contributed by atoms with Crippen LogP contribution in [-0.4, -0.2) is 38.3 Å². The first-order valence-electron chi connectivity index (χ1n) is 9.57. The van der Waals surface area contributed by atoms with Gasteiger partial charge in [-0.1, -0.05) is 41.9 Å². The molecule has 9 heteroatoms. The number of ether oxygens (including phenoxy) is 1. The lowest BCUT2D eigenvalue weighted by Gasteiger charge is -2.22. The molecule has 0 saturated heterocycles. The van der Waals surface area contributed by atoms with Gasteiger partial charge in [-0.2, -0.15) is 4.31 Å². The molecule has 0 fully saturated rings. The van der Waals surface area contributed by atoms with Gasteiger partial charge in [0.05, 0.1) is 24.1 Å². The number of carbonyl (C=O) groups excluding carboxylic acids is 2. The molecule has 0 saturated carbocycles. The fraction of sp³-hybridized carbons (Fsp3) is 0.130. The lowest BCUT2D eigenvalue weighted by atomic mass is 10.2. The fourth-order valence-corrected chi connectivity index (χ4v) is 4.46. The van der Waals surface area contributed by atoms with Crippen LogP contribution in [-0.2, 0) is 26.1 Å². The van der Waals surface area contributed by atoms with Crippen molar-refractivity contribution in [1.29, 1.82) is 0 Å². The van der Waals surface area contributed by atoms with Gasteiger partial charge in [-0.25, -0.2) is 13.2 Å². The first-order valence-corrected chi connectivity index (χ1v) is 11.4. The molecule has 0 aromatic heterocycles. The van der Waals surface area contributed by atoms with Crippen molar-refractivity contribution in [2.24, 2.45) is 0 Å². The number of sulfonamides is 1. The largest absolute Gasteiger partial charge is 0.465 e. The normalized spacial score (nSPS) is 11.2. The van der Waals surface area contributed by atoms with Crippen molar-refractivity contribution in [1.82, 2.24) is 4.31 Å². The summed E-state index contributed by atoms with van der Waals surface area (Å²) in [5.74, 6) is -1.02. The minimum atomic E-state index is -3.94. The van der Waals surface area contributed by atoms with Crippen LogP contribution in [0.5, 0.6) is 0 Å². The van der Waals surface area contributed by atoms with Gasteiger partial charge in [0.15, 0.2) is 0 Å². The molecule has 3 rings (SSSR count). The number of rotatable bonds is 8. The van der Waals surface area contributed by atoms with Crippen LogP contribution in [0.4, 0.5) is 5.69 Å². The molecule has 3 aromatic carbocycles. The molecule has 0 radical (unpaired) electrons. The van der Waals surface area contributed by atoms with Crippen LogP contribution in [0, 0.1) is 0 Å². The number of nitrogens with zero attached hydrogens (tertiary/aromatic N) is 1. The molecular formula is C23H21ClN2O5S. The smallest absolute Gasteiger partial charge is 0.337 e. The summed E-state index contributed by atoms with van der Waals surface area (Å²) < 4.78 is 32.2. The molecule has 7 nitrogen and oxygen atoms in total. The van der Waals surface area contributed by atoms with E-state index in [2.05, 4.69) is 10.1 Å². The zero-order valence-electron chi connectivity index (χ0n) is 17.2. The Morgan fingerprint density at radius 2 is 1.56 bits per heavy atom. The second kappa shape index (κ2) is 10.4. The highest BCUT2D eigenvalue weighted by Gasteiger charge is 2.27. The van der Waals surface area contributed by atoms with Crippen molar-refractivity contribution >= 4 is 39.2 Å². The first kappa shape index (κ1) is 23.5. The van der Waals surface area contributed by atoms with E-state index in [4.69, 9.17) is 11.6 Å². The number of methoxy groups -OCH3 is 1. The van der Waals surface area contributed by atoms with Gasteiger partial charge in [-0.05, 0) is 54.1 Å². The van der Waals surface area contributed by atoms with Crippen LogP contribution in [0.3, 0.4) is 0 Å². The van der Waals surface area contributed by atoms with Crippen LogP contribution in [0.2, 0.25) is 5.02 Å². The molecule has 166 valence electrons. The van der Waals surface area contributed by atoms with E-state index in [1.807, 2.05) is 0 Å². The fourth-order valence-electron chi connectivity index (χ4n) is 2.93. The summed E-state index contributed by atoms with van der Waals surface area (Å²) in [4.78, 5) is 24.3. The van der Waals surface area contributed by atoms with Crippen molar-refractivity contribution in [2.75, 3.05) is 19.0 Å². The number of esters is 1. The standard InChI is InChI=1S/C23H21ClN2O5S/c1-31-23(28)18-9-13-20(14-10-18)25-22(27)16-26(15-17-7-11-19(24)12-8-17)32(29,30)21-5-3-2-4-6-21/h2-14H,15-16H2,1H3,(H,25,27). The summed E-state index contributed by atoms with van der Waals surface area (Å²) in [6.45, 7) is -0.415. The van der Waals surface area contributed by atoms with E-state index in [1.165, 1.54) is 31.4 Å². The van der Waals surface area contributed by atoms with E-state index in [0.717, 1.165) is 4.31 Å². The van der Waals surface area contributed by atoms with E-state index in [0.29, 0.717) is 21.8 Å². The summed E-state index contributed by atoms with van der Waals surface area (Å²) in [6.07, 6.45) is 0. The van der Waals surface area contributed by atoms with Crippen molar-refractivity contribution in [3.8, 4) is 0 Å². The second-order valence-corrected chi connectivity index (χ2v) is 9.20. The Morgan fingerprint density at radius 3 is 2.16 bits per heavy atom. The SMILES string of the molecule is COC(=O)c1ccc(NC(=O)CN(Cc2ccc(Cl)cc2)S(=O)(=O)c2ccccc2)cc1. The van der Waals surface area contributed by atoms with Crippen molar-refractivity contribution in [3.05, 3.63) is 95.0 Å². The predicted octanol–water partition coefficient (Wildman–Crippen LogP) is 3.96.